The summed E-state index contributed by atoms with van der Waals surface area (Å²) in [6, 6.07) is 0. The van der Waals surface area contributed by atoms with Gasteiger partial charge < -0.3 is 5.11 Å². The fourth-order valence-electron chi connectivity index (χ4n) is 1.70. The molecule has 1 rings (SSSR count). The topological polar surface area (TPSA) is 37.3 Å². The lowest BCUT2D eigenvalue weighted by Crippen LogP contribution is -2.23. The molecule has 1 unspecified atom stereocenters. The van der Waals surface area contributed by atoms with Crippen LogP contribution in [0.2, 0.25) is 0 Å². The summed E-state index contributed by atoms with van der Waals surface area (Å²) in [5.41, 5.74) is 0. The molecule has 1 fully saturated rings. The van der Waals surface area contributed by atoms with Crippen LogP contribution in [-0.2, 0) is 4.79 Å². The molecule has 1 radical (unpaired) electrons. The third-order valence-electron chi connectivity index (χ3n) is 2.63. The Hall–Kier alpha value is -0.370. The highest BCUT2D eigenvalue weighted by Crippen LogP contribution is 2.28. The van der Waals surface area contributed by atoms with E-state index in [-0.39, 0.29) is 12.0 Å². The van der Waals surface area contributed by atoms with Gasteiger partial charge >= 0.3 is 0 Å². The maximum atomic E-state index is 10.3. The first-order valence-electron chi connectivity index (χ1n) is 4.29. The molecule has 1 saturated carbocycles. The molecule has 63 valence electrons. The molecule has 0 amide bonds. The van der Waals surface area contributed by atoms with Crippen LogP contribution < -0.4 is 0 Å². The van der Waals surface area contributed by atoms with Gasteiger partial charge in [0.05, 0.1) is 6.10 Å². The summed E-state index contributed by atoms with van der Waals surface area (Å²) in [5, 5.41) is 9.18. The zero-order valence-electron chi connectivity index (χ0n) is 6.92. The summed E-state index contributed by atoms with van der Waals surface area (Å²) in [6.07, 6.45) is 5.58. The Labute approximate surface area is 67.6 Å². The number of aliphatic hydroxyl groups excluding tert-OH is 1. The summed E-state index contributed by atoms with van der Waals surface area (Å²) in [7, 11) is 0. The molecule has 0 aromatic heterocycles. The molecule has 0 aromatic rings. The van der Waals surface area contributed by atoms with Gasteiger partial charge in [0.25, 0.3) is 0 Å². The van der Waals surface area contributed by atoms with Crippen molar-refractivity contribution in [1.82, 2.24) is 0 Å². The Bertz CT molecular complexity index is 126. The van der Waals surface area contributed by atoms with Crippen molar-refractivity contribution in [1.29, 1.82) is 0 Å². The van der Waals surface area contributed by atoms with Gasteiger partial charge in [0.15, 0.2) is 0 Å². The van der Waals surface area contributed by atoms with E-state index in [0.29, 0.717) is 5.92 Å². The van der Waals surface area contributed by atoms with Crippen LogP contribution in [0.15, 0.2) is 0 Å². The van der Waals surface area contributed by atoms with Crippen molar-refractivity contribution in [3.8, 4) is 0 Å². The summed E-state index contributed by atoms with van der Waals surface area (Å²) < 4.78 is 0. The quantitative estimate of drug-likeness (QED) is 0.652. The van der Waals surface area contributed by atoms with Gasteiger partial charge in [-0.3, -0.25) is 4.79 Å². The van der Waals surface area contributed by atoms with Gasteiger partial charge in [-0.15, -0.1) is 0 Å². The Morgan fingerprint density at radius 2 is 1.91 bits per heavy atom. The maximum Gasteiger partial charge on any atom is 0.201 e. The third kappa shape index (κ3) is 2.29. The monoisotopic (exact) mass is 155 g/mol. The molecule has 1 aliphatic rings. The van der Waals surface area contributed by atoms with Gasteiger partial charge in [0.2, 0.25) is 6.29 Å². The number of hydrogen-bond acceptors (Lipinski definition) is 2. The van der Waals surface area contributed by atoms with Crippen LogP contribution in [0, 0.1) is 11.8 Å². The molecule has 0 saturated heterocycles. The van der Waals surface area contributed by atoms with E-state index in [4.69, 9.17) is 0 Å². The van der Waals surface area contributed by atoms with Gasteiger partial charge in [-0.1, -0.05) is 6.92 Å². The van der Waals surface area contributed by atoms with E-state index >= 15 is 0 Å². The maximum absolute atomic E-state index is 10.3. The van der Waals surface area contributed by atoms with E-state index < -0.39 is 0 Å². The normalized spacial score (nSPS) is 34.7. The van der Waals surface area contributed by atoms with Crippen molar-refractivity contribution >= 4 is 6.29 Å². The predicted molar refractivity (Wildman–Crippen MR) is 42.8 cm³/mol. The van der Waals surface area contributed by atoms with E-state index in [0.717, 1.165) is 25.7 Å². The Balaban J connectivity index is 2.32. The molecule has 0 aromatic carbocycles. The number of rotatable bonds is 2. The minimum absolute atomic E-state index is 0.0579. The molecule has 1 aliphatic carbocycles. The SMILES string of the molecule is CC([C]=O)C1CCC(O)CC1. The van der Waals surface area contributed by atoms with Crippen LogP contribution in [0.1, 0.15) is 32.6 Å². The molecule has 2 nitrogen and oxygen atoms in total. The minimum atomic E-state index is -0.120. The second-order valence-electron chi connectivity index (χ2n) is 3.48. The highest BCUT2D eigenvalue weighted by Gasteiger charge is 2.23. The Morgan fingerprint density at radius 1 is 1.36 bits per heavy atom. The van der Waals surface area contributed by atoms with Crippen LogP contribution in [0.3, 0.4) is 0 Å². The zero-order valence-corrected chi connectivity index (χ0v) is 6.92. The number of carbonyl (C=O) groups excluding carboxylic acids is 1. The van der Waals surface area contributed by atoms with Crippen molar-refractivity contribution < 1.29 is 9.90 Å². The molecule has 11 heavy (non-hydrogen) atoms. The van der Waals surface area contributed by atoms with Gasteiger partial charge in [-0.05, 0) is 31.6 Å². The molecule has 0 spiro atoms. The van der Waals surface area contributed by atoms with Crippen LogP contribution in [0.25, 0.3) is 0 Å². The summed E-state index contributed by atoms with van der Waals surface area (Å²) in [5.74, 6) is 0.526. The Kier molecular flexibility index (Phi) is 3.06. The molecule has 0 bridgehead atoms. The predicted octanol–water partition coefficient (Wildman–Crippen LogP) is 1.28. The van der Waals surface area contributed by atoms with Crippen LogP contribution in [-0.4, -0.2) is 17.5 Å². The second-order valence-corrected chi connectivity index (χ2v) is 3.48. The highest BCUT2D eigenvalue weighted by molar-refractivity contribution is 5.54. The van der Waals surface area contributed by atoms with Crippen molar-refractivity contribution in [2.24, 2.45) is 11.8 Å². The number of aliphatic hydroxyl groups is 1. The average Bonchev–Trinajstić information content (AvgIpc) is 2.05. The molecule has 1 N–H and O–H groups in total. The van der Waals surface area contributed by atoms with Crippen molar-refractivity contribution in [2.75, 3.05) is 0 Å². The van der Waals surface area contributed by atoms with E-state index in [1.165, 1.54) is 0 Å². The summed E-state index contributed by atoms with van der Waals surface area (Å²) in [4.78, 5) is 10.3. The lowest BCUT2D eigenvalue weighted by Gasteiger charge is -2.26. The zero-order chi connectivity index (χ0) is 8.27. The molecule has 1 atom stereocenters. The average molecular weight is 155 g/mol. The molecule has 0 heterocycles. The van der Waals surface area contributed by atoms with Gasteiger partial charge in [-0.2, -0.15) is 0 Å². The second kappa shape index (κ2) is 3.86. The number of hydrogen-bond donors (Lipinski definition) is 1. The van der Waals surface area contributed by atoms with Crippen molar-refractivity contribution in [3.63, 3.8) is 0 Å². The van der Waals surface area contributed by atoms with E-state index in [1.807, 2.05) is 13.2 Å². The summed E-state index contributed by atoms with van der Waals surface area (Å²) >= 11 is 0. The van der Waals surface area contributed by atoms with Crippen LogP contribution in [0.5, 0.6) is 0 Å². The fraction of sp³-hybridized carbons (Fsp3) is 0.889. The van der Waals surface area contributed by atoms with Crippen LogP contribution in [0.4, 0.5) is 0 Å². The van der Waals surface area contributed by atoms with Gasteiger partial charge in [-0.25, -0.2) is 0 Å². The Morgan fingerprint density at radius 3 is 2.36 bits per heavy atom. The first-order valence-corrected chi connectivity index (χ1v) is 4.29. The van der Waals surface area contributed by atoms with Gasteiger partial charge in [0.1, 0.15) is 0 Å². The first-order chi connectivity index (χ1) is 5.24. The standard InChI is InChI=1S/C9H15O2/c1-7(6-10)8-2-4-9(11)5-3-8/h7-9,11H,2-5H2,1H3. The first kappa shape index (κ1) is 8.72. The van der Waals surface area contributed by atoms with E-state index in [1.54, 1.807) is 0 Å². The summed E-state index contributed by atoms with van der Waals surface area (Å²) in [6.45, 7) is 1.91. The molecule has 2 heteroatoms. The highest BCUT2D eigenvalue weighted by atomic mass is 16.3. The van der Waals surface area contributed by atoms with Crippen LogP contribution >= 0.6 is 0 Å². The smallest absolute Gasteiger partial charge is 0.201 e. The van der Waals surface area contributed by atoms with E-state index in [9.17, 15) is 9.90 Å². The molecular formula is C9H15O2. The fourth-order valence-corrected chi connectivity index (χ4v) is 1.70. The van der Waals surface area contributed by atoms with Crippen molar-refractivity contribution in [2.45, 2.75) is 38.7 Å². The third-order valence-corrected chi connectivity index (χ3v) is 2.63. The minimum Gasteiger partial charge on any atom is -0.393 e. The van der Waals surface area contributed by atoms with E-state index in [2.05, 4.69) is 0 Å². The van der Waals surface area contributed by atoms with Crippen molar-refractivity contribution in [3.05, 3.63) is 0 Å². The lowest BCUT2D eigenvalue weighted by atomic mass is 9.80. The lowest BCUT2D eigenvalue weighted by molar-refractivity contribution is 0.101. The molecule has 0 aliphatic heterocycles. The molecular weight excluding hydrogens is 140 g/mol. The van der Waals surface area contributed by atoms with Gasteiger partial charge in [0, 0.05) is 5.92 Å². The largest absolute Gasteiger partial charge is 0.393 e.